The molecule has 20 heavy (non-hydrogen) atoms. The molecule has 0 bridgehead atoms. The lowest BCUT2D eigenvalue weighted by Crippen LogP contribution is -2.37. The highest BCUT2D eigenvalue weighted by Gasteiger charge is 2.22. The zero-order chi connectivity index (χ0) is 15.2. The molecule has 1 aromatic rings. The molecule has 0 aliphatic rings. The summed E-state index contributed by atoms with van der Waals surface area (Å²) in [5, 5.41) is 8.47. The molecule has 0 heterocycles. The van der Waals surface area contributed by atoms with Gasteiger partial charge in [0.15, 0.2) is 0 Å². The molecule has 0 aromatic heterocycles. The van der Waals surface area contributed by atoms with Crippen molar-refractivity contribution in [1.82, 2.24) is 4.31 Å². The van der Waals surface area contributed by atoms with Gasteiger partial charge in [0, 0.05) is 19.5 Å². The van der Waals surface area contributed by atoms with Gasteiger partial charge in [-0.1, -0.05) is 29.8 Å². The van der Waals surface area contributed by atoms with Gasteiger partial charge in [0.25, 0.3) is 0 Å². The fourth-order valence-electron chi connectivity index (χ4n) is 1.95. The molecule has 5 heteroatoms. The van der Waals surface area contributed by atoms with Gasteiger partial charge in [-0.3, -0.25) is 0 Å². The van der Waals surface area contributed by atoms with E-state index in [1.54, 1.807) is 7.05 Å². The molecule has 0 fully saturated rings. The van der Waals surface area contributed by atoms with Crippen LogP contribution in [0.5, 0.6) is 0 Å². The van der Waals surface area contributed by atoms with Crippen molar-refractivity contribution in [2.24, 2.45) is 0 Å². The van der Waals surface area contributed by atoms with Crippen molar-refractivity contribution in [1.29, 1.82) is 5.26 Å². The third kappa shape index (κ3) is 4.95. The number of unbranched alkanes of at least 4 members (excludes halogenated alkanes) is 1. The van der Waals surface area contributed by atoms with E-state index >= 15 is 0 Å². The lowest BCUT2D eigenvalue weighted by Gasteiger charge is -2.24. The Kier molecular flexibility index (Phi) is 6.18. The minimum absolute atomic E-state index is 0.0370. The first-order valence-corrected chi connectivity index (χ1v) is 8.36. The molecule has 0 aliphatic heterocycles. The number of hydrogen-bond donors (Lipinski definition) is 0. The summed E-state index contributed by atoms with van der Waals surface area (Å²) in [6.07, 6.45) is 1.36. The summed E-state index contributed by atoms with van der Waals surface area (Å²) < 4.78 is 25.6. The third-order valence-electron chi connectivity index (χ3n) is 3.40. The van der Waals surface area contributed by atoms with Gasteiger partial charge in [-0.05, 0) is 32.3 Å². The van der Waals surface area contributed by atoms with Crippen LogP contribution in [0.1, 0.15) is 30.9 Å². The van der Waals surface area contributed by atoms with Crippen molar-refractivity contribution in [3.63, 3.8) is 0 Å². The lowest BCUT2D eigenvalue weighted by atomic mass is 10.1. The summed E-state index contributed by atoms with van der Waals surface area (Å²) in [4.78, 5) is 0. The Morgan fingerprint density at radius 3 is 2.45 bits per heavy atom. The quantitative estimate of drug-likeness (QED) is 0.726. The van der Waals surface area contributed by atoms with Crippen LogP contribution in [0.2, 0.25) is 0 Å². The maximum absolute atomic E-state index is 12.1. The molecule has 0 N–H and O–H groups in total. The predicted octanol–water partition coefficient (Wildman–Crippen LogP) is 2.49. The molecule has 0 amide bonds. The highest BCUT2D eigenvalue weighted by molar-refractivity contribution is 7.89. The van der Waals surface area contributed by atoms with E-state index in [1.807, 2.05) is 44.2 Å². The first kappa shape index (κ1) is 16.7. The van der Waals surface area contributed by atoms with Crippen LogP contribution in [0.3, 0.4) is 0 Å². The minimum atomic E-state index is -3.28. The number of hydrogen-bond acceptors (Lipinski definition) is 3. The van der Waals surface area contributed by atoms with E-state index in [2.05, 4.69) is 0 Å². The standard InChI is InChI=1S/C15H22N2O2S/c1-13-6-8-15(9-7-13)12-14(2)17(3)20(18,19)11-5-4-10-16/h6-9,14H,4-5,11-12H2,1-3H3/t14-/m1/s1. The Morgan fingerprint density at radius 2 is 1.90 bits per heavy atom. The molecule has 1 atom stereocenters. The second kappa shape index (κ2) is 7.41. The minimum Gasteiger partial charge on any atom is -0.212 e. The van der Waals surface area contributed by atoms with Crippen LogP contribution in [-0.4, -0.2) is 31.6 Å². The zero-order valence-corrected chi connectivity index (χ0v) is 13.2. The fourth-order valence-corrected chi connectivity index (χ4v) is 3.37. The lowest BCUT2D eigenvalue weighted by molar-refractivity contribution is 0.386. The molecule has 0 radical (unpaired) electrons. The second-order valence-electron chi connectivity index (χ2n) is 5.13. The SMILES string of the molecule is Cc1ccc(C[C@@H](C)N(C)S(=O)(=O)CCCC#N)cc1. The fraction of sp³-hybridized carbons (Fsp3) is 0.533. The summed E-state index contributed by atoms with van der Waals surface area (Å²) >= 11 is 0. The Morgan fingerprint density at radius 1 is 1.30 bits per heavy atom. The topological polar surface area (TPSA) is 61.2 Å². The smallest absolute Gasteiger partial charge is 0.212 e. The van der Waals surface area contributed by atoms with E-state index < -0.39 is 10.0 Å². The Labute approximate surface area is 122 Å². The van der Waals surface area contributed by atoms with E-state index in [1.165, 1.54) is 9.87 Å². The van der Waals surface area contributed by atoms with Crippen LogP contribution in [0.25, 0.3) is 0 Å². The van der Waals surface area contributed by atoms with Gasteiger partial charge in [0.2, 0.25) is 10.0 Å². The molecule has 0 aliphatic carbocycles. The van der Waals surface area contributed by atoms with Gasteiger partial charge in [-0.15, -0.1) is 0 Å². The maximum atomic E-state index is 12.1. The average molecular weight is 294 g/mol. The largest absolute Gasteiger partial charge is 0.214 e. The monoisotopic (exact) mass is 294 g/mol. The molecule has 0 unspecified atom stereocenters. The highest BCUT2D eigenvalue weighted by atomic mass is 32.2. The van der Waals surface area contributed by atoms with Crippen molar-refractivity contribution in [3.05, 3.63) is 35.4 Å². The van der Waals surface area contributed by atoms with E-state index in [-0.39, 0.29) is 18.2 Å². The molecular formula is C15H22N2O2S. The van der Waals surface area contributed by atoms with E-state index in [0.29, 0.717) is 12.8 Å². The first-order chi connectivity index (χ1) is 9.36. The highest BCUT2D eigenvalue weighted by Crippen LogP contribution is 2.13. The van der Waals surface area contributed by atoms with Crippen LogP contribution >= 0.6 is 0 Å². The number of aryl methyl sites for hydroxylation is 1. The van der Waals surface area contributed by atoms with Crippen molar-refractivity contribution in [3.8, 4) is 6.07 Å². The summed E-state index contributed by atoms with van der Waals surface area (Å²) in [6, 6.07) is 10.00. The van der Waals surface area contributed by atoms with Gasteiger partial charge in [-0.25, -0.2) is 12.7 Å². The number of rotatable bonds is 7. The van der Waals surface area contributed by atoms with Crippen LogP contribution < -0.4 is 0 Å². The van der Waals surface area contributed by atoms with E-state index in [9.17, 15) is 8.42 Å². The number of sulfonamides is 1. The van der Waals surface area contributed by atoms with Gasteiger partial charge >= 0.3 is 0 Å². The predicted molar refractivity (Wildman–Crippen MR) is 80.7 cm³/mol. The van der Waals surface area contributed by atoms with Crippen molar-refractivity contribution in [2.75, 3.05) is 12.8 Å². The van der Waals surface area contributed by atoms with Gasteiger partial charge < -0.3 is 0 Å². The number of nitrogens with zero attached hydrogens (tertiary/aromatic N) is 2. The Bertz CT molecular complexity index is 559. The molecule has 0 spiro atoms. The first-order valence-electron chi connectivity index (χ1n) is 6.75. The molecule has 1 aromatic carbocycles. The van der Waals surface area contributed by atoms with Crippen molar-refractivity contribution >= 4 is 10.0 Å². The Balaban J connectivity index is 2.64. The van der Waals surface area contributed by atoms with Crippen LogP contribution in [0.4, 0.5) is 0 Å². The third-order valence-corrected chi connectivity index (χ3v) is 5.44. The molecule has 4 nitrogen and oxygen atoms in total. The van der Waals surface area contributed by atoms with Crippen LogP contribution in [0, 0.1) is 18.3 Å². The van der Waals surface area contributed by atoms with Crippen LogP contribution in [0.15, 0.2) is 24.3 Å². The molecule has 110 valence electrons. The Hall–Kier alpha value is -1.38. The number of likely N-dealkylation sites (N-methyl/N-ethyl adjacent to an activating group) is 1. The molecular weight excluding hydrogens is 272 g/mol. The van der Waals surface area contributed by atoms with Crippen molar-refractivity contribution in [2.45, 2.75) is 39.2 Å². The van der Waals surface area contributed by atoms with Gasteiger partial charge in [-0.2, -0.15) is 5.26 Å². The normalized spacial score (nSPS) is 13.2. The van der Waals surface area contributed by atoms with Gasteiger partial charge in [0.05, 0.1) is 11.8 Å². The second-order valence-corrected chi connectivity index (χ2v) is 7.28. The number of nitriles is 1. The van der Waals surface area contributed by atoms with E-state index in [4.69, 9.17) is 5.26 Å². The summed E-state index contributed by atoms with van der Waals surface area (Å²) in [5.74, 6) is 0.0370. The number of benzene rings is 1. The molecule has 0 saturated heterocycles. The van der Waals surface area contributed by atoms with Crippen molar-refractivity contribution < 1.29 is 8.42 Å². The summed E-state index contributed by atoms with van der Waals surface area (Å²) in [7, 11) is -1.67. The maximum Gasteiger partial charge on any atom is 0.214 e. The van der Waals surface area contributed by atoms with Crippen LogP contribution in [-0.2, 0) is 16.4 Å². The molecule has 1 rings (SSSR count). The molecule has 0 saturated carbocycles. The summed E-state index contributed by atoms with van der Waals surface area (Å²) in [6.45, 7) is 3.93. The van der Waals surface area contributed by atoms with E-state index in [0.717, 1.165) is 5.56 Å². The average Bonchev–Trinajstić information content (AvgIpc) is 2.40. The zero-order valence-electron chi connectivity index (χ0n) is 12.3. The summed E-state index contributed by atoms with van der Waals surface area (Å²) in [5.41, 5.74) is 2.32. The van der Waals surface area contributed by atoms with Gasteiger partial charge in [0.1, 0.15) is 0 Å².